The second kappa shape index (κ2) is 6.29. The van der Waals surface area contributed by atoms with Crippen LogP contribution in [0, 0.1) is 0 Å². The largest absolute Gasteiger partial charge is 0.323 e. The topological polar surface area (TPSA) is 29.3 Å². The summed E-state index contributed by atoms with van der Waals surface area (Å²) in [6.45, 7) is 17.0. The molecule has 2 heteroatoms. The first-order valence-corrected chi connectivity index (χ1v) is 6.16. The van der Waals surface area contributed by atoms with Gasteiger partial charge in [0.15, 0.2) is 0 Å². The second-order valence-electron chi connectivity index (χ2n) is 4.31. The predicted octanol–water partition coefficient (Wildman–Crippen LogP) is 2.79. The molecule has 0 aliphatic heterocycles. The third-order valence-electron chi connectivity index (χ3n) is 3.73. The minimum absolute atomic E-state index is 0.0763. The van der Waals surface area contributed by atoms with Gasteiger partial charge in [0.1, 0.15) is 0 Å². The molecule has 2 N–H and O–H groups in total. The smallest absolute Gasteiger partial charge is 0.0435 e. The average molecular weight is 212 g/mol. The number of rotatable bonds is 7. The first-order chi connectivity index (χ1) is 6.99. The van der Waals surface area contributed by atoms with E-state index < -0.39 is 0 Å². The third-order valence-corrected chi connectivity index (χ3v) is 3.73. The van der Waals surface area contributed by atoms with Gasteiger partial charge in [0.05, 0.1) is 0 Å². The molecule has 0 aliphatic rings. The van der Waals surface area contributed by atoms with Gasteiger partial charge in [-0.25, -0.2) is 0 Å². The van der Waals surface area contributed by atoms with Gasteiger partial charge < -0.3 is 5.73 Å². The Kier molecular flexibility index (Phi) is 6.15. The lowest BCUT2D eigenvalue weighted by Crippen LogP contribution is -2.59. The van der Waals surface area contributed by atoms with Crippen molar-refractivity contribution in [3.05, 3.63) is 12.2 Å². The molecular weight excluding hydrogens is 184 g/mol. The highest BCUT2D eigenvalue weighted by Gasteiger charge is 2.37. The van der Waals surface area contributed by atoms with Crippen LogP contribution in [-0.4, -0.2) is 29.6 Å². The second-order valence-corrected chi connectivity index (χ2v) is 4.31. The number of nitrogens with zero attached hydrogens (tertiary/aromatic N) is 1. The normalized spacial score (nSPS) is 14.3. The van der Waals surface area contributed by atoms with E-state index >= 15 is 0 Å². The van der Waals surface area contributed by atoms with Crippen molar-refractivity contribution in [1.29, 1.82) is 0 Å². The van der Waals surface area contributed by atoms with E-state index in [1.165, 1.54) is 0 Å². The van der Waals surface area contributed by atoms with Gasteiger partial charge in [0, 0.05) is 11.6 Å². The Hall–Kier alpha value is -0.340. The van der Waals surface area contributed by atoms with Crippen LogP contribution in [0.2, 0.25) is 0 Å². The zero-order valence-corrected chi connectivity index (χ0v) is 11.1. The minimum Gasteiger partial charge on any atom is -0.323 e. The molecule has 0 spiro atoms. The highest BCUT2D eigenvalue weighted by atomic mass is 15.2. The quantitative estimate of drug-likeness (QED) is 0.658. The molecule has 0 aliphatic carbocycles. The number of hydrogen-bond acceptors (Lipinski definition) is 2. The van der Waals surface area contributed by atoms with Crippen LogP contribution in [0.25, 0.3) is 0 Å². The van der Waals surface area contributed by atoms with Gasteiger partial charge in [-0.05, 0) is 32.9 Å². The van der Waals surface area contributed by atoms with Crippen LogP contribution in [0.4, 0.5) is 0 Å². The Bertz CT molecular complexity index is 191. The molecule has 0 aromatic carbocycles. The summed E-state index contributed by atoms with van der Waals surface area (Å²) in [4.78, 5) is 2.48. The zero-order valence-electron chi connectivity index (χ0n) is 11.1. The Morgan fingerprint density at radius 3 is 1.80 bits per heavy atom. The maximum atomic E-state index is 6.33. The van der Waals surface area contributed by atoms with Gasteiger partial charge in [-0.2, -0.15) is 0 Å². The fraction of sp³-hybridized carbons (Fsp3) is 0.846. The van der Waals surface area contributed by atoms with Crippen molar-refractivity contribution >= 4 is 0 Å². The molecule has 15 heavy (non-hydrogen) atoms. The van der Waals surface area contributed by atoms with E-state index in [9.17, 15) is 0 Å². The van der Waals surface area contributed by atoms with Crippen LogP contribution < -0.4 is 5.73 Å². The van der Waals surface area contributed by atoms with E-state index in [2.05, 4.69) is 39.2 Å². The molecule has 1 unspecified atom stereocenters. The first-order valence-electron chi connectivity index (χ1n) is 6.16. The zero-order chi connectivity index (χ0) is 12.1. The Balaban J connectivity index is 5.09. The fourth-order valence-corrected chi connectivity index (χ4v) is 2.65. The molecule has 90 valence electrons. The van der Waals surface area contributed by atoms with Crippen molar-refractivity contribution in [2.24, 2.45) is 5.73 Å². The average Bonchev–Trinajstić information content (AvgIpc) is 2.25. The Morgan fingerprint density at radius 1 is 1.20 bits per heavy atom. The molecule has 0 amide bonds. The maximum Gasteiger partial charge on any atom is 0.0435 e. The molecule has 0 saturated heterocycles. The highest BCUT2D eigenvalue weighted by molar-refractivity contribution is 5.13. The molecular formula is C13H28N2. The Labute approximate surface area is 95.5 Å². The van der Waals surface area contributed by atoms with Crippen molar-refractivity contribution in [2.75, 3.05) is 13.1 Å². The lowest BCUT2D eigenvalue weighted by molar-refractivity contribution is 0.0736. The van der Waals surface area contributed by atoms with E-state index in [0.717, 1.165) is 31.5 Å². The van der Waals surface area contributed by atoms with Gasteiger partial charge >= 0.3 is 0 Å². The molecule has 0 fully saturated rings. The van der Waals surface area contributed by atoms with Crippen LogP contribution >= 0.6 is 0 Å². The number of likely N-dealkylation sites (N-methyl/N-ethyl adjacent to an activating group) is 1. The van der Waals surface area contributed by atoms with Gasteiger partial charge in [-0.3, -0.25) is 4.90 Å². The summed E-state index contributed by atoms with van der Waals surface area (Å²) in [5.41, 5.74) is 7.51. The van der Waals surface area contributed by atoms with Crippen LogP contribution in [0.15, 0.2) is 12.2 Å². The maximum absolute atomic E-state index is 6.33. The van der Waals surface area contributed by atoms with Crippen molar-refractivity contribution in [3.8, 4) is 0 Å². The van der Waals surface area contributed by atoms with Gasteiger partial charge in [-0.1, -0.05) is 39.8 Å². The standard InChI is InChI=1S/C13H28N2/c1-7-13(8-2,12(14)11(5)6)15(9-3)10-4/h12H,5,7-10,14H2,1-4,6H3. The number of nitrogens with two attached hydrogens (primary N) is 1. The SMILES string of the molecule is C=C(C)C(N)C(CC)(CC)N(CC)CC. The van der Waals surface area contributed by atoms with Crippen LogP contribution in [0.1, 0.15) is 47.5 Å². The van der Waals surface area contributed by atoms with Gasteiger partial charge in [-0.15, -0.1) is 0 Å². The Morgan fingerprint density at radius 2 is 1.60 bits per heavy atom. The van der Waals surface area contributed by atoms with Crippen LogP contribution in [0.5, 0.6) is 0 Å². The summed E-state index contributed by atoms with van der Waals surface area (Å²) in [7, 11) is 0. The lowest BCUT2D eigenvalue weighted by atomic mass is 9.80. The molecule has 0 bridgehead atoms. The summed E-state index contributed by atoms with van der Waals surface area (Å²) in [6, 6.07) is 0.0763. The van der Waals surface area contributed by atoms with Crippen LogP contribution in [-0.2, 0) is 0 Å². The predicted molar refractivity (Wildman–Crippen MR) is 69.0 cm³/mol. The molecule has 0 heterocycles. The van der Waals surface area contributed by atoms with Crippen LogP contribution in [0.3, 0.4) is 0 Å². The molecule has 0 rings (SSSR count). The fourth-order valence-electron chi connectivity index (χ4n) is 2.65. The van der Waals surface area contributed by atoms with E-state index in [-0.39, 0.29) is 11.6 Å². The van der Waals surface area contributed by atoms with Gasteiger partial charge in [0.25, 0.3) is 0 Å². The van der Waals surface area contributed by atoms with E-state index in [1.54, 1.807) is 0 Å². The van der Waals surface area contributed by atoms with Crippen molar-refractivity contribution in [2.45, 2.75) is 59.0 Å². The van der Waals surface area contributed by atoms with Crippen molar-refractivity contribution < 1.29 is 0 Å². The molecule has 0 aromatic heterocycles. The molecule has 0 saturated carbocycles. The van der Waals surface area contributed by atoms with E-state index in [1.807, 2.05) is 6.92 Å². The monoisotopic (exact) mass is 212 g/mol. The molecule has 1 atom stereocenters. The highest BCUT2D eigenvalue weighted by Crippen LogP contribution is 2.29. The van der Waals surface area contributed by atoms with Crippen molar-refractivity contribution in [3.63, 3.8) is 0 Å². The third kappa shape index (κ3) is 2.82. The summed E-state index contributed by atoms with van der Waals surface area (Å²) in [5.74, 6) is 0. The first kappa shape index (κ1) is 14.7. The molecule has 0 radical (unpaired) electrons. The van der Waals surface area contributed by atoms with Crippen molar-refractivity contribution in [1.82, 2.24) is 4.90 Å². The lowest BCUT2D eigenvalue weighted by Gasteiger charge is -2.46. The molecule has 2 nitrogen and oxygen atoms in total. The minimum atomic E-state index is 0.0763. The summed E-state index contributed by atoms with van der Waals surface area (Å²) < 4.78 is 0. The van der Waals surface area contributed by atoms with Gasteiger partial charge in [0.2, 0.25) is 0 Å². The summed E-state index contributed by atoms with van der Waals surface area (Å²) >= 11 is 0. The number of hydrogen-bond donors (Lipinski definition) is 1. The van der Waals surface area contributed by atoms with E-state index in [0.29, 0.717) is 0 Å². The summed E-state index contributed by atoms with van der Waals surface area (Å²) in [6.07, 6.45) is 2.17. The summed E-state index contributed by atoms with van der Waals surface area (Å²) in [5, 5.41) is 0. The van der Waals surface area contributed by atoms with E-state index in [4.69, 9.17) is 5.73 Å². The molecule has 0 aromatic rings.